The largest absolute Gasteiger partial charge is 0.399 e. The first-order valence-corrected chi connectivity index (χ1v) is 39.7. The van der Waals surface area contributed by atoms with E-state index in [1.165, 1.54) is 134 Å². The highest BCUT2D eigenvalue weighted by Gasteiger charge is 2.46. The molecule has 0 fully saturated rings. The molecule has 544 valence electrons. The number of fused-ring (bicyclic) bond motifs is 9. The maximum Gasteiger partial charge on any atom is 0.0618 e. The Morgan fingerprint density at radius 2 is 0.624 bits per heavy atom. The number of nitrogens with zero attached hydrogens (tertiary/aromatic N) is 2. The third-order valence-corrected chi connectivity index (χ3v) is 24.3. The van der Waals surface area contributed by atoms with Crippen molar-refractivity contribution in [2.75, 3.05) is 15.5 Å². The molecule has 1 atom stereocenters. The summed E-state index contributed by atoms with van der Waals surface area (Å²) in [5.74, 6) is -0.407. The fourth-order valence-electron chi connectivity index (χ4n) is 18.1. The molecule has 2 aliphatic carbocycles. The molecule has 2 aliphatic heterocycles. The van der Waals surface area contributed by atoms with Gasteiger partial charge in [0.15, 0.2) is 0 Å². The molecule has 109 heavy (non-hydrogen) atoms. The Kier molecular flexibility index (Phi) is 16.8. The third kappa shape index (κ3) is 12.4. The molecule has 1 unspecified atom stereocenters. The maximum atomic E-state index is 7.52. The second kappa shape index (κ2) is 25.7. The van der Waals surface area contributed by atoms with Gasteiger partial charge in [0.25, 0.3) is 0 Å². The van der Waals surface area contributed by atoms with E-state index in [0.29, 0.717) is 5.69 Å². The molecule has 3 heteroatoms. The van der Waals surface area contributed by atoms with Gasteiger partial charge in [-0.05, 0) is 234 Å². The van der Waals surface area contributed by atoms with Gasteiger partial charge in [0, 0.05) is 45.3 Å². The van der Waals surface area contributed by atoms with Crippen LogP contribution in [0.4, 0.5) is 39.8 Å². The van der Waals surface area contributed by atoms with E-state index in [0.717, 1.165) is 69.2 Å². The maximum absolute atomic E-state index is 7.52. The number of hydrogen-bond donors (Lipinski definition) is 1. The van der Waals surface area contributed by atoms with Gasteiger partial charge < -0.3 is 15.5 Å². The van der Waals surface area contributed by atoms with Crippen molar-refractivity contribution < 1.29 is 0 Å². The topological polar surface area (TPSA) is 32.5 Å². The molecule has 13 aromatic carbocycles. The van der Waals surface area contributed by atoms with Crippen LogP contribution in [0.25, 0.3) is 66.8 Å². The molecule has 17 rings (SSSR count). The van der Waals surface area contributed by atoms with E-state index in [1.807, 2.05) is 0 Å². The molecule has 0 radical (unpaired) electrons. The fourth-order valence-corrected chi connectivity index (χ4v) is 18.1. The van der Waals surface area contributed by atoms with E-state index in [9.17, 15) is 0 Å². The third-order valence-electron chi connectivity index (χ3n) is 24.3. The number of benzene rings is 13. The first-order valence-electron chi connectivity index (χ1n) is 39.7. The minimum absolute atomic E-state index is 0.0602. The van der Waals surface area contributed by atoms with Crippen molar-refractivity contribution in [3.8, 4) is 66.8 Å². The molecule has 2 heterocycles. The summed E-state index contributed by atoms with van der Waals surface area (Å²) in [7, 11) is 0. The summed E-state index contributed by atoms with van der Waals surface area (Å²) >= 11 is 0. The van der Waals surface area contributed by atoms with E-state index >= 15 is 0 Å². The lowest BCUT2D eigenvalue weighted by molar-refractivity contribution is 0.589. The molecule has 0 saturated heterocycles. The lowest BCUT2D eigenvalue weighted by atomic mass is 9.71. The number of nitrogens with two attached hydrogens (primary N) is 1. The molecule has 2 N–H and O–H groups in total. The Balaban J connectivity index is 1.08. The SMILES string of the molecule is CC(C)(C)c1ccc(-c2cc(C(C)(C)C)cc(-c3ccc(C(C)(C)C)cc3)c2N2c3ccc(-c4cccc5c4-c4ccccc4C5)cc3C3c4ccc(N)cc4N(c4c(-c5ccc(C(C)(C)C)cc5)cc(C(C)(C)C)cc4-c4ccc(C(C)(C)C)cc4)c4cc(C5c6ccccc6Cc6ccccc65)cc2c43)cc1. The molecule has 0 spiro atoms. The number of anilines is 7. The summed E-state index contributed by atoms with van der Waals surface area (Å²) in [6, 6.07) is 103. The first-order chi connectivity index (χ1) is 51.7. The Labute approximate surface area is 649 Å². The predicted octanol–water partition coefficient (Wildman–Crippen LogP) is 28.8. The number of hydrogen-bond acceptors (Lipinski definition) is 3. The van der Waals surface area contributed by atoms with Crippen molar-refractivity contribution >= 4 is 39.8 Å². The number of nitrogen functional groups attached to an aromatic ring is 1. The van der Waals surface area contributed by atoms with Crippen LogP contribution in [-0.4, -0.2) is 0 Å². The molecular formula is C106H105N3. The average Bonchev–Trinajstić information content (AvgIpc) is 0.897. The van der Waals surface area contributed by atoms with Crippen molar-refractivity contribution in [2.24, 2.45) is 0 Å². The van der Waals surface area contributed by atoms with Gasteiger partial charge in [0.05, 0.1) is 34.1 Å². The fraction of sp³-hybridized carbons (Fsp3) is 0.264. The van der Waals surface area contributed by atoms with Crippen LogP contribution in [0, 0.1) is 0 Å². The van der Waals surface area contributed by atoms with Crippen molar-refractivity contribution in [3.63, 3.8) is 0 Å². The molecule has 13 aromatic rings. The van der Waals surface area contributed by atoms with Crippen LogP contribution in [0.1, 0.15) is 225 Å². The van der Waals surface area contributed by atoms with Crippen LogP contribution in [-0.2, 0) is 45.3 Å². The Hall–Kier alpha value is -10.7. The monoisotopic (exact) mass is 1420 g/mol. The second-order valence-corrected chi connectivity index (χ2v) is 38.0. The van der Waals surface area contributed by atoms with Gasteiger partial charge in [-0.25, -0.2) is 0 Å². The summed E-state index contributed by atoms with van der Waals surface area (Å²) < 4.78 is 0. The minimum Gasteiger partial charge on any atom is -0.399 e. The highest BCUT2D eigenvalue weighted by atomic mass is 15.2. The van der Waals surface area contributed by atoms with Crippen molar-refractivity contribution in [3.05, 3.63) is 350 Å². The highest BCUT2D eigenvalue weighted by molar-refractivity contribution is 6.08. The molecule has 0 saturated carbocycles. The molecule has 3 nitrogen and oxygen atoms in total. The lowest BCUT2D eigenvalue weighted by Crippen LogP contribution is -2.31. The highest BCUT2D eigenvalue weighted by Crippen LogP contribution is 2.66. The first kappa shape index (κ1) is 71.2. The predicted molar refractivity (Wildman–Crippen MR) is 465 cm³/mol. The van der Waals surface area contributed by atoms with Crippen LogP contribution in [0.2, 0.25) is 0 Å². The second-order valence-electron chi connectivity index (χ2n) is 38.0. The summed E-state index contributed by atoms with van der Waals surface area (Å²) in [5, 5.41) is 0. The van der Waals surface area contributed by atoms with Crippen LogP contribution in [0.3, 0.4) is 0 Å². The minimum atomic E-state index is -0.275. The molecule has 0 bridgehead atoms. The average molecular weight is 1420 g/mol. The molecule has 4 aliphatic rings. The smallest absolute Gasteiger partial charge is 0.0618 e. The van der Waals surface area contributed by atoms with Gasteiger partial charge in [-0.1, -0.05) is 325 Å². The quantitative estimate of drug-likeness (QED) is 0.154. The van der Waals surface area contributed by atoms with Gasteiger partial charge in [0.2, 0.25) is 0 Å². The van der Waals surface area contributed by atoms with Crippen LogP contribution >= 0.6 is 0 Å². The van der Waals surface area contributed by atoms with E-state index in [4.69, 9.17) is 5.73 Å². The van der Waals surface area contributed by atoms with E-state index in [2.05, 4.69) is 395 Å². The van der Waals surface area contributed by atoms with Gasteiger partial charge >= 0.3 is 0 Å². The molecule has 0 amide bonds. The van der Waals surface area contributed by atoms with Gasteiger partial charge in [-0.15, -0.1) is 0 Å². The van der Waals surface area contributed by atoms with E-state index in [-0.39, 0.29) is 44.3 Å². The van der Waals surface area contributed by atoms with Crippen LogP contribution < -0.4 is 15.5 Å². The van der Waals surface area contributed by atoms with E-state index in [1.54, 1.807) is 0 Å². The Morgan fingerprint density at radius 3 is 1.06 bits per heavy atom. The Bertz CT molecular complexity index is 5570. The van der Waals surface area contributed by atoms with Crippen LogP contribution in [0.15, 0.2) is 261 Å². The summed E-state index contributed by atoms with van der Waals surface area (Å²) in [5.41, 5.74) is 49.5. The number of rotatable bonds is 8. The van der Waals surface area contributed by atoms with Crippen molar-refractivity contribution in [2.45, 2.75) is 182 Å². The summed E-state index contributed by atoms with van der Waals surface area (Å²) in [6.45, 7) is 42.2. The van der Waals surface area contributed by atoms with Gasteiger partial charge in [-0.2, -0.15) is 0 Å². The molecular weight excluding hydrogens is 1320 g/mol. The van der Waals surface area contributed by atoms with Gasteiger partial charge in [-0.3, -0.25) is 0 Å². The van der Waals surface area contributed by atoms with Crippen LogP contribution in [0.5, 0.6) is 0 Å². The summed E-state index contributed by atoms with van der Waals surface area (Å²) in [6.07, 6.45) is 1.77. The normalized spacial score (nSPS) is 14.7. The standard InChI is InChI=1S/C106H105N3/c1-101(2,3)74-43-34-64(35-44-74)86-59-78(105(13,14)15)60-87(65-36-45-75(46-37-65)102(4,5)6)99(86)108-91-53-42-71(84-33-25-29-72-55-70-28-21-22-30-81(70)95(72)84)56-90(91)97-85-52-51-80(107)63-92(85)109(94-58-73(57-93(108)98(94)97)96-82-31-23-19-26-68(82)54-69-27-20-24-32-83(69)96)100-88(66-38-47-76(48-39-66)103(7,8)9)61-79(106(16,17)18)62-89(100)67-40-49-77(50-41-67)104(10,11)12/h19-53,56-63,96-97H,54-55,107H2,1-18H3. The summed E-state index contributed by atoms with van der Waals surface area (Å²) in [4.78, 5) is 5.49. The lowest BCUT2D eigenvalue weighted by Gasteiger charge is -2.47. The van der Waals surface area contributed by atoms with E-state index < -0.39 is 0 Å². The van der Waals surface area contributed by atoms with Gasteiger partial charge in [0.1, 0.15) is 0 Å². The zero-order chi connectivity index (χ0) is 76.3. The Morgan fingerprint density at radius 1 is 0.257 bits per heavy atom. The zero-order valence-electron chi connectivity index (χ0n) is 67.4. The van der Waals surface area contributed by atoms with Crippen molar-refractivity contribution in [1.29, 1.82) is 0 Å². The zero-order valence-corrected chi connectivity index (χ0v) is 67.4. The molecule has 0 aromatic heterocycles. The van der Waals surface area contributed by atoms with Crippen molar-refractivity contribution in [1.82, 2.24) is 0 Å².